The number of alkyl carbamates (subject to hydrolysis) is 1. The number of methoxy groups -OCH3 is 1. The van der Waals surface area contributed by atoms with Gasteiger partial charge in [0.25, 0.3) is 0 Å². The van der Waals surface area contributed by atoms with Gasteiger partial charge in [0.15, 0.2) is 0 Å². The molecule has 0 fully saturated rings. The minimum absolute atomic E-state index is 0.101. The molecule has 0 saturated heterocycles. The number of amides is 2. The van der Waals surface area contributed by atoms with Crippen LogP contribution in [0.15, 0.2) is 0 Å². The predicted molar refractivity (Wildman–Crippen MR) is 86.7 cm³/mol. The quantitative estimate of drug-likeness (QED) is 0.698. The van der Waals surface area contributed by atoms with E-state index in [9.17, 15) is 9.59 Å². The van der Waals surface area contributed by atoms with E-state index in [2.05, 4.69) is 5.32 Å². The van der Waals surface area contributed by atoms with Gasteiger partial charge in [0.05, 0.1) is 0 Å². The molecule has 0 rings (SSSR count). The summed E-state index contributed by atoms with van der Waals surface area (Å²) in [5.74, 6) is 0.187. The Hall–Kier alpha value is -1.30. The predicted octanol–water partition coefficient (Wildman–Crippen LogP) is 2.42. The summed E-state index contributed by atoms with van der Waals surface area (Å²) in [6.07, 6.45) is 0.781. The molecule has 0 aromatic carbocycles. The van der Waals surface area contributed by atoms with Gasteiger partial charge in [-0.1, -0.05) is 13.8 Å². The zero-order chi connectivity index (χ0) is 17.3. The van der Waals surface area contributed by atoms with Gasteiger partial charge >= 0.3 is 6.09 Å². The second-order valence-electron chi connectivity index (χ2n) is 6.93. The number of nitrogens with zero attached hydrogens (tertiary/aromatic N) is 1. The van der Waals surface area contributed by atoms with Crippen molar-refractivity contribution in [2.45, 2.75) is 59.1 Å². The lowest BCUT2D eigenvalue weighted by atomic mass is 10.0. The van der Waals surface area contributed by atoms with Crippen molar-refractivity contribution in [2.75, 3.05) is 27.3 Å². The van der Waals surface area contributed by atoms with Gasteiger partial charge in [-0.05, 0) is 39.5 Å². The van der Waals surface area contributed by atoms with Crippen molar-refractivity contribution in [1.29, 1.82) is 0 Å². The van der Waals surface area contributed by atoms with E-state index < -0.39 is 17.7 Å². The summed E-state index contributed by atoms with van der Waals surface area (Å²) in [5.41, 5.74) is -0.583. The number of hydrogen-bond donors (Lipinski definition) is 1. The normalized spacial score (nSPS) is 12.9. The molecule has 0 aliphatic rings. The molecule has 1 N–H and O–H groups in total. The minimum Gasteiger partial charge on any atom is -0.444 e. The van der Waals surface area contributed by atoms with E-state index in [0.717, 1.165) is 6.42 Å². The SMILES string of the molecule is COCCCN(C)C(=O)C(CC(C)C)NC(=O)OC(C)(C)C. The highest BCUT2D eigenvalue weighted by Crippen LogP contribution is 2.11. The molecule has 0 aromatic rings. The molecular weight excluding hydrogens is 284 g/mol. The maximum absolute atomic E-state index is 12.5. The first kappa shape index (κ1) is 20.7. The first-order valence-corrected chi connectivity index (χ1v) is 7.80. The average molecular weight is 316 g/mol. The topological polar surface area (TPSA) is 67.9 Å². The van der Waals surface area contributed by atoms with Crippen LogP contribution < -0.4 is 5.32 Å². The summed E-state index contributed by atoms with van der Waals surface area (Å²) < 4.78 is 10.2. The largest absolute Gasteiger partial charge is 0.444 e. The van der Waals surface area contributed by atoms with Crippen LogP contribution in [-0.4, -0.2) is 55.9 Å². The Bertz CT molecular complexity index is 351. The van der Waals surface area contributed by atoms with Crippen molar-refractivity contribution >= 4 is 12.0 Å². The zero-order valence-electron chi connectivity index (χ0n) is 15.1. The lowest BCUT2D eigenvalue weighted by molar-refractivity contribution is -0.132. The zero-order valence-corrected chi connectivity index (χ0v) is 15.1. The molecule has 6 heteroatoms. The molecule has 6 nitrogen and oxygen atoms in total. The van der Waals surface area contributed by atoms with E-state index >= 15 is 0 Å². The molecular formula is C16H32N2O4. The van der Waals surface area contributed by atoms with Gasteiger partial charge in [-0.25, -0.2) is 4.79 Å². The highest BCUT2D eigenvalue weighted by molar-refractivity contribution is 5.85. The molecule has 1 unspecified atom stereocenters. The number of likely N-dealkylation sites (N-methyl/N-ethyl adjacent to an activating group) is 1. The monoisotopic (exact) mass is 316 g/mol. The maximum atomic E-state index is 12.5. The van der Waals surface area contributed by atoms with Crippen molar-refractivity contribution in [1.82, 2.24) is 10.2 Å². The van der Waals surface area contributed by atoms with Crippen LogP contribution in [0.1, 0.15) is 47.5 Å². The molecule has 1 atom stereocenters. The highest BCUT2D eigenvalue weighted by atomic mass is 16.6. The van der Waals surface area contributed by atoms with Crippen molar-refractivity contribution in [3.8, 4) is 0 Å². The standard InChI is InChI=1S/C16H32N2O4/c1-12(2)11-13(17-15(20)22-16(3,4)5)14(19)18(6)9-8-10-21-7/h12-13H,8-11H2,1-7H3,(H,17,20). The number of nitrogens with one attached hydrogen (secondary N) is 1. The Balaban J connectivity index is 4.67. The van der Waals surface area contributed by atoms with Gasteiger partial charge in [-0.3, -0.25) is 4.79 Å². The third-order valence-electron chi connectivity index (χ3n) is 2.91. The Labute approximate surface area is 134 Å². The van der Waals surface area contributed by atoms with Crippen LogP contribution in [-0.2, 0) is 14.3 Å². The molecule has 2 amide bonds. The van der Waals surface area contributed by atoms with Crippen molar-refractivity contribution in [3.63, 3.8) is 0 Å². The van der Waals surface area contributed by atoms with E-state index in [1.165, 1.54) is 0 Å². The Kier molecular flexibility index (Phi) is 9.09. The Morgan fingerprint density at radius 3 is 2.27 bits per heavy atom. The van der Waals surface area contributed by atoms with Crippen molar-refractivity contribution in [2.24, 2.45) is 5.92 Å². The third kappa shape index (κ3) is 9.60. The smallest absolute Gasteiger partial charge is 0.408 e. The maximum Gasteiger partial charge on any atom is 0.408 e. The fourth-order valence-electron chi connectivity index (χ4n) is 1.96. The van der Waals surface area contributed by atoms with E-state index in [4.69, 9.17) is 9.47 Å². The van der Waals surface area contributed by atoms with Gasteiger partial charge in [-0.15, -0.1) is 0 Å². The first-order chi connectivity index (χ1) is 10.1. The molecule has 0 saturated carbocycles. The fraction of sp³-hybridized carbons (Fsp3) is 0.875. The molecule has 0 aromatic heterocycles. The van der Waals surface area contributed by atoms with Gasteiger partial charge in [0, 0.05) is 27.3 Å². The van der Waals surface area contributed by atoms with Crippen LogP contribution in [0.2, 0.25) is 0 Å². The summed E-state index contributed by atoms with van der Waals surface area (Å²) in [6, 6.07) is -0.567. The van der Waals surface area contributed by atoms with Crippen LogP contribution in [0.4, 0.5) is 4.79 Å². The lowest BCUT2D eigenvalue weighted by Gasteiger charge is -2.27. The fourth-order valence-corrected chi connectivity index (χ4v) is 1.96. The molecule has 22 heavy (non-hydrogen) atoms. The second-order valence-corrected chi connectivity index (χ2v) is 6.93. The van der Waals surface area contributed by atoms with E-state index in [-0.39, 0.29) is 11.8 Å². The number of ether oxygens (including phenoxy) is 2. The van der Waals surface area contributed by atoms with Gasteiger partial charge in [0.1, 0.15) is 11.6 Å². The van der Waals surface area contributed by atoms with Crippen LogP contribution in [0.25, 0.3) is 0 Å². The molecule has 0 aliphatic heterocycles. The molecule has 0 radical (unpaired) electrons. The van der Waals surface area contributed by atoms with E-state index in [0.29, 0.717) is 19.6 Å². The van der Waals surface area contributed by atoms with E-state index in [1.807, 2.05) is 13.8 Å². The Morgan fingerprint density at radius 1 is 1.23 bits per heavy atom. The van der Waals surface area contributed by atoms with E-state index in [1.54, 1.807) is 39.8 Å². The van der Waals surface area contributed by atoms with Crippen LogP contribution in [0, 0.1) is 5.92 Å². The summed E-state index contributed by atoms with van der Waals surface area (Å²) in [4.78, 5) is 26.0. The summed E-state index contributed by atoms with van der Waals surface area (Å²) in [5, 5.41) is 2.69. The van der Waals surface area contributed by atoms with Gasteiger partial charge < -0.3 is 19.7 Å². The van der Waals surface area contributed by atoms with Crippen molar-refractivity contribution < 1.29 is 19.1 Å². The van der Waals surface area contributed by atoms with Crippen LogP contribution >= 0.6 is 0 Å². The summed E-state index contributed by atoms with van der Waals surface area (Å²) >= 11 is 0. The summed E-state index contributed by atoms with van der Waals surface area (Å²) in [7, 11) is 3.37. The van der Waals surface area contributed by atoms with Crippen LogP contribution in [0.5, 0.6) is 0 Å². The third-order valence-corrected chi connectivity index (χ3v) is 2.91. The Morgan fingerprint density at radius 2 is 1.82 bits per heavy atom. The summed E-state index contributed by atoms with van der Waals surface area (Å²) in [6.45, 7) is 10.6. The van der Waals surface area contributed by atoms with Gasteiger partial charge in [0.2, 0.25) is 5.91 Å². The van der Waals surface area contributed by atoms with Crippen LogP contribution in [0.3, 0.4) is 0 Å². The number of rotatable bonds is 8. The molecule has 0 spiro atoms. The van der Waals surface area contributed by atoms with Crippen molar-refractivity contribution in [3.05, 3.63) is 0 Å². The molecule has 130 valence electrons. The first-order valence-electron chi connectivity index (χ1n) is 7.80. The molecule has 0 heterocycles. The average Bonchev–Trinajstić information content (AvgIpc) is 2.34. The lowest BCUT2D eigenvalue weighted by Crippen LogP contribution is -2.49. The molecule has 0 bridgehead atoms. The second kappa shape index (κ2) is 9.66. The highest BCUT2D eigenvalue weighted by Gasteiger charge is 2.27. The number of hydrogen-bond acceptors (Lipinski definition) is 4. The van der Waals surface area contributed by atoms with Gasteiger partial charge in [-0.2, -0.15) is 0 Å². The number of carbonyl (C=O) groups is 2. The number of carbonyl (C=O) groups excluding carboxylic acids is 2. The molecule has 0 aliphatic carbocycles. The minimum atomic E-state index is -0.583.